The molecule has 4 rings (SSSR count). The lowest BCUT2D eigenvalue weighted by Crippen LogP contribution is -2.22. The van der Waals surface area contributed by atoms with Crippen molar-refractivity contribution in [2.45, 2.75) is 32.2 Å². The molecular weight excluding hydrogens is 416 g/mol. The van der Waals surface area contributed by atoms with E-state index in [9.17, 15) is 14.4 Å². The molecule has 160 valence electrons. The number of carbonyl (C=O) groups is 3. The van der Waals surface area contributed by atoms with E-state index in [1.807, 2.05) is 30.3 Å². The lowest BCUT2D eigenvalue weighted by atomic mass is 9.95. The Hall–Kier alpha value is -3.46. The van der Waals surface area contributed by atoms with E-state index in [0.29, 0.717) is 17.1 Å². The van der Waals surface area contributed by atoms with Crippen molar-refractivity contribution >= 4 is 34.1 Å². The first-order chi connectivity index (χ1) is 15.0. The second-order valence-corrected chi connectivity index (χ2v) is 8.42. The first-order valence-electron chi connectivity index (χ1n) is 9.99. The van der Waals surface area contributed by atoms with Crippen LogP contribution in [-0.2, 0) is 28.9 Å². The summed E-state index contributed by atoms with van der Waals surface area (Å²) >= 11 is 1.37. The molecule has 0 aliphatic heterocycles. The number of benzene rings is 1. The number of hydrogen-bond acceptors (Lipinski definition) is 6. The maximum absolute atomic E-state index is 12.3. The van der Waals surface area contributed by atoms with Crippen LogP contribution in [0.3, 0.4) is 0 Å². The molecule has 0 radical (unpaired) electrons. The van der Waals surface area contributed by atoms with Gasteiger partial charge in [0.25, 0.3) is 11.8 Å². The molecule has 0 atom stereocenters. The smallest absolute Gasteiger partial charge is 0.341 e. The van der Waals surface area contributed by atoms with E-state index in [2.05, 4.69) is 10.4 Å². The van der Waals surface area contributed by atoms with Crippen molar-refractivity contribution in [2.24, 2.45) is 5.73 Å². The van der Waals surface area contributed by atoms with Gasteiger partial charge in [0, 0.05) is 11.1 Å². The highest BCUT2D eigenvalue weighted by Crippen LogP contribution is 2.37. The van der Waals surface area contributed by atoms with Gasteiger partial charge in [0.15, 0.2) is 6.61 Å². The fraction of sp³-hybridized carbons (Fsp3) is 0.273. The van der Waals surface area contributed by atoms with Gasteiger partial charge in [-0.05, 0) is 36.8 Å². The van der Waals surface area contributed by atoms with Crippen LogP contribution in [0, 0.1) is 0 Å². The zero-order valence-electron chi connectivity index (χ0n) is 16.8. The summed E-state index contributed by atoms with van der Waals surface area (Å²) < 4.78 is 6.74. The normalized spacial score (nSPS) is 12.8. The highest BCUT2D eigenvalue weighted by atomic mass is 32.1. The van der Waals surface area contributed by atoms with Crippen LogP contribution in [0.4, 0.5) is 5.00 Å². The minimum atomic E-state index is -0.643. The Labute approximate surface area is 183 Å². The third kappa shape index (κ3) is 4.83. The van der Waals surface area contributed by atoms with Crippen LogP contribution in [0.25, 0.3) is 0 Å². The number of primary amides is 1. The van der Waals surface area contributed by atoms with Gasteiger partial charge in [-0.15, -0.1) is 11.3 Å². The van der Waals surface area contributed by atoms with Crippen LogP contribution in [-0.4, -0.2) is 34.2 Å². The number of rotatable bonds is 7. The van der Waals surface area contributed by atoms with Crippen LogP contribution >= 0.6 is 11.3 Å². The molecule has 3 N–H and O–H groups in total. The molecule has 2 amide bonds. The van der Waals surface area contributed by atoms with Crippen LogP contribution in [0.1, 0.15) is 49.6 Å². The number of amides is 2. The number of hydrogen-bond donors (Lipinski definition) is 2. The Bertz CT molecular complexity index is 1120. The molecule has 0 unspecified atom stereocenters. The first kappa shape index (κ1) is 20.8. The average molecular weight is 439 g/mol. The maximum atomic E-state index is 12.3. The molecule has 0 fully saturated rings. The van der Waals surface area contributed by atoms with E-state index < -0.39 is 24.4 Å². The summed E-state index contributed by atoms with van der Waals surface area (Å²) in [5.41, 5.74) is 8.15. The van der Waals surface area contributed by atoms with Crippen molar-refractivity contribution < 1.29 is 19.1 Å². The third-order valence-electron chi connectivity index (χ3n) is 5.06. The Morgan fingerprint density at radius 2 is 1.94 bits per heavy atom. The number of carbonyl (C=O) groups excluding carboxylic acids is 3. The predicted octanol–water partition coefficient (Wildman–Crippen LogP) is 2.77. The molecule has 2 aromatic heterocycles. The van der Waals surface area contributed by atoms with Crippen LogP contribution in [0.15, 0.2) is 42.7 Å². The number of aromatic nitrogens is 2. The molecule has 1 aliphatic rings. The summed E-state index contributed by atoms with van der Waals surface area (Å²) in [5, 5.41) is 7.26. The number of nitrogens with zero attached hydrogens (tertiary/aromatic N) is 2. The average Bonchev–Trinajstić information content (AvgIpc) is 3.37. The second-order valence-electron chi connectivity index (χ2n) is 7.32. The number of aryl methyl sites for hydroxylation is 1. The maximum Gasteiger partial charge on any atom is 0.341 e. The van der Waals surface area contributed by atoms with Gasteiger partial charge < -0.3 is 15.8 Å². The zero-order valence-corrected chi connectivity index (χ0v) is 17.6. The Kier molecular flexibility index (Phi) is 6.13. The first-order valence-corrected chi connectivity index (χ1v) is 10.8. The Morgan fingerprint density at radius 1 is 1.16 bits per heavy atom. The molecule has 0 saturated carbocycles. The van der Waals surface area contributed by atoms with Gasteiger partial charge in [-0.2, -0.15) is 5.10 Å². The standard InChI is InChI=1S/C22H22N4O4S/c23-20(28)19-16-8-4-5-9-17(16)31-21(19)25-18(27)13-30-22(29)15-10-24-26(12-15)11-14-6-2-1-3-7-14/h1-3,6-7,10,12H,4-5,8-9,11,13H2,(H2,23,28)(H,25,27). The number of nitrogens with one attached hydrogen (secondary N) is 1. The number of nitrogens with two attached hydrogens (primary N) is 1. The van der Waals surface area contributed by atoms with Gasteiger partial charge in [0.1, 0.15) is 5.00 Å². The summed E-state index contributed by atoms with van der Waals surface area (Å²) in [5.74, 6) is -1.72. The quantitative estimate of drug-likeness (QED) is 0.550. The molecule has 3 aromatic rings. The van der Waals surface area contributed by atoms with Crippen LogP contribution in [0.5, 0.6) is 0 Å². The van der Waals surface area contributed by atoms with Crippen molar-refractivity contribution in [2.75, 3.05) is 11.9 Å². The third-order valence-corrected chi connectivity index (χ3v) is 6.27. The van der Waals surface area contributed by atoms with Gasteiger partial charge in [-0.3, -0.25) is 14.3 Å². The molecule has 0 saturated heterocycles. The van der Waals surface area contributed by atoms with Gasteiger partial charge in [0.2, 0.25) is 0 Å². The van der Waals surface area contributed by atoms with Gasteiger partial charge in [-0.25, -0.2) is 4.79 Å². The Balaban J connectivity index is 1.35. The summed E-state index contributed by atoms with van der Waals surface area (Å²) in [6.45, 7) is 0.0526. The lowest BCUT2D eigenvalue weighted by molar-refractivity contribution is -0.119. The molecule has 1 aromatic carbocycles. The van der Waals surface area contributed by atoms with Gasteiger partial charge >= 0.3 is 5.97 Å². The SMILES string of the molecule is NC(=O)c1c(NC(=O)COC(=O)c2cnn(Cc3ccccc3)c2)sc2c1CCCC2. The summed E-state index contributed by atoms with van der Waals surface area (Å²) in [4.78, 5) is 37.6. The molecule has 31 heavy (non-hydrogen) atoms. The fourth-order valence-corrected chi connectivity index (χ4v) is 4.93. The van der Waals surface area contributed by atoms with Crippen molar-refractivity contribution in [1.82, 2.24) is 9.78 Å². The highest BCUT2D eigenvalue weighted by Gasteiger charge is 2.25. The van der Waals surface area contributed by atoms with Gasteiger partial charge in [-0.1, -0.05) is 30.3 Å². The second kappa shape index (κ2) is 9.13. The molecule has 8 nitrogen and oxygen atoms in total. The fourth-order valence-electron chi connectivity index (χ4n) is 3.62. The summed E-state index contributed by atoms with van der Waals surface area (Å²) in [7, 11) is 0. The molecule has 9 heteroatoms. The van der Waals surface area contributed by atoms with E-state index in [-0.39, 0.29) is 5.56 Å². The number of anilines is 1. The number of fused-ring (bicyclic) bond motifs is 1. The Morgan fingerprint density at radius 3 is 2.71 bits per heavy atom. The van der Waals surface area contributed by atoms with Gasteiger partial charge in [0.05, 0.1) is 23.9 Å². The highest BCUT2D eigenvalue weighted by molar-refractivity contribution is 7.17. The predicted molar refractivity (Wildman–Crippen MR) is 116 cm³/mol. The molecule has 2 heterocycles. The van der Waals surface area contributed by atoms with Crippen molar-refractivity contribution in [3.63, 3.8) is 0 Å². The number of thiophene rings is 1. The number of esters is 1. The summed E-state index contributed by atoms with van der Waals surface area (Å²) in [6.07, 6.45) is 6.68. The van der Waals surface area contributed by atoms with Crippen LogP contribution < -0.4 is 11.1 Å². The minimum absolute atomic E-state index is 0.258. The van der Waals surface area contributed by atoms with Crippen molar-refractivity contribution in [3.8, 4) is 0 Å². The van der Waals surface area contributed by atoms with E-state index in [0.717, 1.165) is 41.7 Å². The van der Waals surface area contributed by atoms with Crippen molar-refractivity contribution in [1.29, 1.82) is 0 Å². The largest absolute Gasteiger partial charge is 0.452 e. The monoisotopic (exact) mass is 438 g/mol. The topological polar surface area (TPSA) is 116 Å². The lowest BCUT2D eigenvalue weighted by Gasteiger charge is -2.11. The van der Waals surface area contributed by atoms with E-state index in [1.165, 1.54) is 17.5 Å². The zero-order chi connectivity index (χ0) is 21.8. The molecular formula is C22H22N4O4S. The molecule has 1 aliphatic carbocycles. The van der Waals surface area contributed by atoms with Crippen molar-refractivity contribution in [3.05, 3.63) is 69.9 Å². The van der Waals surface area contributed by atoms with E-state index in [4.69, 9.17) is 10.5 Å². The summed E-state index contributed by atoms with van der Waals surface area (Å²) in [6, 6.07) is 9.72. The van der Waals surface area contributed by atoms with E-state index >= 15 is 0 Å². The van der Waals surface area contributed by atoms with Crippen LogP contribution in [0.2, 0.25) is 0 Å². The van der Waals surface area contributed by atoms with E-state index in [1.54, 1.807) is 10.9 Å². The molecule has 0 spiro atoms. The number of ether oxygens (including phenoxy) is 1. The minimum Gasteiger partial charge on any atom is -0.452 e. The molecule has 0 bridgehead atoms.